The molecule has 1 saturated heterocycles. The van der Waals surface area contributed by atoms with Crippen LogP contribution in [0.25, 0.3) is 22.3 Å². The SMILES string of the molecule is COC(=O)c1oc(CSc2nnc(-c3c[nH]c4ccccc34)n2CC2CCCO2)cc1C. The summed E-state index contributed by atoms with van der Waals surface area (Å²) in [5, 5.41) is 10.9. The predicted molar refractivity (Wildman–Crippen MR) is 121 cm³/mol. The van der Waals surface area contributed by atoms with E-state index >= 15 is 0 Å². The molecule has 1 N–H and O–H groups in total. The van der Waals surface area contributed by atoms with Crippen molar-refractivity contribution in [1.29, 1.82) is 0 Å². The molecule has 4 heterocycles. The van der Waals surface area contributed by atoms with Crippen molar-refractivity contribution in [3.05, 3.63) is 53.6 Å². The number of aryl methyl sites for hydroxylation is 1. The Morgan fingerprint density at radius 1 is 1.34 bits per heavy atom. The number of ether oxygens (including phenoxy) is 2. The number of hydrogen-bond donors (Lipinski definition) is 1. The normalized spacial score (nSPS) is 16.1. The van der Waals surface area contributed by atoms with E-state index in [1.165, 1.54) is 18.9 Å². The lowest BCUT2D eigenvalue weighted by atomic mass is 10.1. The van der Waals surface area contributed by atoms with Crippen LogP contribution in [0.15, 0.2) is 46.1 Å². The van der Waals surface area contributed by atoms with E-state index in [0.717, 1.165) is 52.5 Å². The van der Waals surface area contributed by atoms with Gasteiger partial charge in [-0.3, -0.25) is 4.57 Å². The van der Waals surface area contributed by atoms with Crippen molar-refractivity contribution >= 4 is 28.6 Å². The minimum atomic E-state index is -0.470. The van der Waals surface area contributed by atoms with Crippen molar-refractivity contribution in [1.82, 2.24) is 19.7 Å². The third kappa shape index (κ3) is 3.93. The number of H-pyrrole nitrogens is 1. The number of nitrogens with zero attached hydrogens (tertiary/aromatic N) is 3. The molecule has 1 aliphatic heterocycles. The van der Waals surface area contributed by atoms with Gasteiger partial charge >= 0.3 is 5.97 Å². The van der Waals surface area contributed by atoms with E-state index in [4.69, 9.17) is 13.9 Å². The van der Waals surface area contributed by atoms with E-state index in [1.807, 2.05) is 37.4 Å². The molecule has 8 nitrogen and oxygen atoms in total. The predicted octanol–water partition coefficient (Wildman–Crippen LogP) is 4.59. The number of hydrogen-bond acceptors (Lipinski definition) is 7. The number of fused-ring (bicyclic) bond motifs is 1. The highest BCUT2D eigenvalue weighted by molar-refractivity contribution is 7.98. The second-order valence-electron chi connectivity index (χ2n) is 7.80. The highest BCUT2D eigenvalue weighted by Crippen LogP contribution is 2.32. The number of rotatable bonds is 7. The van der Waals surface area contributed by atoms with Crippen molar-refractivity contribution in [2.24, 2.45) is 0 Å². The molecule has 1 aromatic carbocycles. The van der Waals surface area contributed by atoms with Crippen LogP contribution in [0.1, 0.15) is 34.7 Å². The monoisotopic (exact) mass is 452 g/mol. The quantitative estimate of drug-likeness (QED) is 0.324. The average molecular weight is 453 g/mol. The van der Waals surface area contributed by atoms with Crippen molar-refractivity contribution in [3.63, 3.8) is 0 Å². The van der Waals surface area contributed by atoms with Crippen LogP contribution < -0.4 is 0 Å². The molecule has 1 aliphatic rings. The van der Waals surface area contributed by atoms with Gasteiger partial charge in [0.05, 0.1) is 25.5 Å². The minimum Gasteiger partial charge on any atom is -0.463 e. The van der Waals surface area contributed by atoms with Crippen LogP contribution in [0.5, 0.6) is 0 Å². The Labute approximate surface area is 189 Å². The summed E-state index contributed by atoms with van der Waals surface area (Å²) in [4.78, 5) is 15.2. The van der Waals surface area contributed by atoms with Crippen LogP contribution in [0.2, 0.25) is 0 Å². The number of nitrogens with one attached hydrogen (secondary N) is 1. The standard InChI is InChI=1S/C23H24N4O4S/c1-14-10-16(31-20(14)22(28)29-2)13-32-23-26-25-21(27(23)12-15-6-5-9-30-15)18-11-24-19-8-4-3-7-17(18)19/h3-4,7-8,10-11,15,24H,5-6,9,12-13H2,1-2H3. The summed E-state index contributed by atoms with van der Waals surface area (Å²) in [5.41, 5.74) is 2.83. The smallest absolute Gasteiger partial charge is 0.374 e. The highest BCUT2D eigenvalue weighted by atomic mass is 32.2. The molecule has 0 bridgehead atoms. The number of thioether (sulfide) groups is 1. The Morgan fingerprint density at radius 3 is 3.03 bits per heavy atom. The van der Waals surface area contributed by atoms with Gasteiger partial charge in [0.25, 0.3) is 0 Å². The maximum atomic E-state index is 11.8. The summed E-state index contributed by atoms with van der Waals surface area (Å²) in [6.45, 7) is 3.31. The largest absolute Gasteiger partial charge is 0.463 e. The fourth-order valence-electron chi connectivity index (χ4n) is 4.06. The average Bonchev–Trinajstić information content (AvgIpc) is 3.59. The Morgan fingerprint density at radius 2 is 2.22 bits per heavy atom. The first-order chi connectivity index (χ1) is 15.6. The number of carbonyl (C=O) groups is 1. The molecule has 0 aliphatic carbocycles. The summed E-state index contributed by atoms with van der Waals surface area (Å²) >= 11 is 1.53. The number of aromatic nitrogens is 4. The van der Waals surface area contributed by atoms with Gasteiger partial charge in [-0.25, -0.2) is 4.79 Å². The molecule has 1 unspecified atom stereocenters. The summed E-state index contributed by atoms with van der Waals surface area (Å²) < 4.78 is 18.5. The molecule has 0 amide bonds. The Bertz CT molecular complexity index is 1250. The summed E-state index contributed by atoms with van der Waals surface area (Å²) in [6, 6.07) is 10.0. The molecule has 32 heavy (non-hydrogen) atoms. The van der Waals surface area contributed by atoms with Crippen LogP contribution in [0.4, 0.5) is 0 Å². The summed E-state index contributed by atoms with van der Waals surface area (Å²) in [5.74, 6) is 1.79. The van der Waals surface area contributed by atoms with Crippen molar-refractivity contribution in [3.8, 4) is 11.4 Å². The Hall–Kier alpha value is -3.04. The second kappa shape index (κ2) is 8.84. The third-order valence-electron chi connectivity index (χ3n) is 5.64. The third-order valence-corrected chi connectivity index (χ3v) is 6.63. The zero-order chi connectivity index (χ0) is 22.1. The lowest BCUT2D eigenvalue weighted by Gasteiger charge is -2.14. The lowest BCUT2D eigenvalue weighted by molar-refractivity contribution is 0.0562. The topological polar surface area (TPSA) is 95.2 Å². The van der Waals surface area contributed by atoms with Gasteiger partial charge in [0, 0.05) is 34.8 Å². The number of esters is 1. The molecule has 0 spiro atoms. The molecule has 5 rings (SSSR count). The zero-order valence-corrected chi connectivity index (χ0v) is 18.8. The molecular weight excluding hydrogens is 428 g/mol. The van der Waals surface area contributed by atoms with Crippen LogP contribution in [-0.2, 0) is 21.8 Å². The second-order valence-corrected chi connectivity index (χ2v) is 8.75. The fraction of sp³-hybridized carbons (Fsp3) is 0.348. The van der Waals surface area contributed by atoms with E-state index in [1.54, 1.807) is 0 Å². The molecule has 166 valence electrons. The number of carbonyl (C=O) groups excluding carboxylic acids is 1. The number of furan rings is 1. The maximum absolute atomic E-state index is 11.8. The van der Waals surface area contributed by atoms with Crippen molar-refractivity contribution in [2.45, 2.75) is 43.3 Å². The lowest BCUT2D eigenvalue weighted by Crippen LogP contribution is -2.16. The number of aromatic amines is 1. The minimum absolute atomic E-state index is 0.145. The van der Waals surface area contributed by atoms with Gasteiger partial charge < -0.3 is 18.9 Å². The van der Waals surface area contributed by atoms with Gasteiger partial charge in [0.15, 0.2) is 11.0 Å². The van der Waals surface area contributed by atoms with Crippen molar-refractivity contribution < 1.29 is 18.7 Å². The van der Waals surface area contributed by atoms with Gasteiger partial charge in [-0.15, -0.1) is 10.2 Å². The maximum Gasteiger partial charge on any atom is 0.374 e. The molecule has 3 aromatic heterocycles. The molecule has 0 radical (unpaired) electrons. The van der Waals surface area contributed by atoms with E-state index in [-0.39, 0.29) is 11.9 Å². The zero-order valence-electron chi connectivity index (χ0n) is 18.0. The number of para-hydroxylation sites is 1. The molecular formula is C23H24N4O4S. The highest BCUT2D eigenvalue weighted by Gasteiger charge is 2.24. The van der Waals surface area contributed by atoms with Crippen LogP contribution >= 0.6 is 11.8 Å². The van der Waals surface area contributed by atoms with E-state index in [0.29, 0.717) is 18.1 Å². The van der Waals surface area contributed by atoms with Crippen molar-refractivity contribution in [2.75, 3.05) is 13.7 Å². The Balaban J connectivity index is 1.45. The summed E-state index contributed by atoms with van der Waals surface area (Å²) in [6.07, 6.45) is 4.22. The van der Waals surface area contributed by atoms with E-state index in [9.17, 15) is 4.79 Å². The van der Waals surface area contributed by atoms with Gasteiger partial charge in [-0.2, -0.15) is 0 Å². The van der Waals surface area contributed by atoms with Crippen LogP contribution in [-0.4, -0.2) is 45.5 Å². The fourth-order valence-corrected chi connectivity index (χ4v) is 4.89. The first-order valence-corrected chi connectivity index (χ1v) is 11.5. The summed E-state index contributed by atoms with van der Waals surface area (Å²) in [7, 11) is 1.35. The van der Waals surface area contributed by atoms with Gasteiger partial charge in [-0.05, 0) is 31.9 Å². The molecule has 1 atom stereocenters. The van der Waals surface area contributed by atoms with Gasteiger partial charge in [0.2, 0.25) is 5.76 Å². The van der Waals surface area contributed by atoms with Crippen LogP contribution in [0.3, 0.4) is 0 Å². The molecule has 9 heteroatoms. The van der Waals surface area contributed by atoms with Gasteiger partial charge in [-0.1, -0.05) is 30.0 Å². The first-order valence-electron chi connectivity index (χ1n) is 10.6. The molecule has 1 fully saturated rings. The van der Waals surface area contributed by atoms with Gasteiger partial charge in [0.1, 0.15) is 5.76 Å². The number of benzene rings is 1. The molecule has 4 aromatic rings. The molecule has 0 saturated carbocycles. The van der Waals surface area contributed by atoms with E-state index < -0.39 is 5.97 Å². The Kier molecular flexibility index (Phi) is 5.75. The van der Waals surface area contributed by atoms with E-state index in [2.05, 4.69) is 25.8 Å². The van der Waals surface area contributed by atoms with Crippen LogP contribution in [0, 0.1) is 6.92 Å². The first kappa shape index (κ1) is 20.8. The number of methoxy groups -OCH3 is 1.